The zero-order chi connectivity index (χ0) is 17.8. The smallest absolute Gasteiger partial charge is 0.0702 e. The molecule has 27 heavy (non-hydrogen) atoms. The van der Waals surface area contributed by atoms with E-state index in [9.17, 15) is 0 Å². The average molecular weight is 355 g/mol. The first-order valence-electron chi connectivity index (χ1n) is 10.2. The maximum Gasteiger partial charge on any atom is 0.0702 e. The summed E-state index contributed by atoms with van der Waals surface area (Å²) in [6.07, 6.45) is 7.11. The summed E-state index contributed by atoms with van der Waals surface area (Å²) < 4.78 is 2.47. The van der Waals surface area contributed by atoms with Crippen molar-refractivity contribution >= 4 is 17.1 Å². The number of hydrogen-bond acceptors (Lipinski definition) is 2. The molecule has 1 saturated heterocycles. The summed E-state index contributed by atoms with van der Waals surface area (Å²) >= 11 is 0. The monoisotopic (exact) mass is 355 g/mol. The van der Waals surface area contributed by atoms with Crippen LogP contribution in [0.15, 0.2) is 60.7 Å². The minimum atomic E-state index is 0.498. The van der Waals surface area contributed by atoms with Gasteiger partial charge in [-0.2, -0.15) is 0 Å². The van der Waals surface area contributed by atoms with Crippen LogP contribution >= 0.6 is 0 Å². The van der Waals surface area contributed by atoms with Gasteiger partial charge in [0, 0.05) is 43.5 Å². The Kier molecular flexibility index (Phi) is 3.53. The van der Waals surface area contributed by atoms with Crippen molar-refractivity contribution in [3.8, 4) is 0 Å². The van der Waals surface area contributed by atoms with Gasteiger partial charge in [-0.15, -0.1) is 0 Å². The third-order valence-corrected chi connectivity index (χ3v) is 6.76. The lowest BCUT2D eigenvalue weighted by Gasteiger charge is -2.50. The predicted octanol–water partition coefficient (Wildman–Crippen LogP) is 3.95. The quantitative estimate of drug-likeness (QED) is 0.705. The zero-order valence-electron chi connectivity index (χ0n) is 15.6. The summed E-state index contributed by atoms with van der Waals surface area (Å²) in [5.41, 5.74) is 5.96. The van der Waals surface area contributed by atoms with Gasteiger partial charge in [-0.25, -0.2) is 0 Å². The van der Waals surface area contributed by atoms with E-state index in [0.29, 0.717) is 12.1 Å². The predicted molar refractivity (Wildman–Crippen MR) is 111 cm³/mol. The van der Waals surface area contributed by atoms with Crippen LogP contribution in [0.1, 0.15) is 22.9 Å². The molecule has 0 saturated carbocycles. The molecule has 0 N–H and O–H groups in total. The molecular formula is C24H25N3. The van der Waals surface area contributed by atoms with Gasteiger partial charge in [-0.3, -0.25) is 9.80 Å². The minimum absolute atomic E-state index is 0.498. The van der Waals surface area contributed by atoms with Gasteiger partial charge in [0.1, 0.15) is 0 Å². The van der Waals surface area contributed by atoms with Crippen LogP contribution in [0.3, 0.4) is 0 Å². The van der Waals surface area contributed by atoms with Crippen LogP contribution in [0.25, 0.3) is 17.1 Å². The lowest BCUT2D eigenvalue weighted by molar-refractivity contribution is 0.0295. The molecule has 0 spiro atoms. The summed E-state index contributed by atoms with van der Waals surface area (Å²) in [5, 5.41) is 1.46. The number of hydrogen-bond donors (Lipinski definition) is 0. The molecule has 2 aromatic carbocycles. The molecule has 3 aliphatic rings. The molecule has 0 bridgehead atoms. The van der Waals surface area contributed by atoms with Crippen molar-refractivity contribution in [2.24, 2.45) is 0 Å². The van der Waals surface area contributed by atoms with Gasteiger partial charge in [0.05, 0.1) is 17.6 Å². The average Bonchev–Trinajstić information content (AvgIpc) is 3.07. The molecule has 3 nitrogen and oxygen atoms in total. The van der Waals surface area contributed by atoms with Gasteiger partial charge in [0.25, 0.3) is 0 Å². The second kappa shape index (κ2) is 6.08. The van der Waals surface area contributed by atoms with E-state index in [4.69, 9.17) is 0 Å². The molecule has 0 unspecified atom stereocenters. The van der Waals surface area contributed by atoms with Crippen LogP contribution in [-0.4, -0.2) is 46.6 Å². The molecule has 0 radical (unpaired) electrons. The number of para-hydroxylation sites is 1. The van der Waals surface area contributed by atoms with Gasteiger partial charge in [0.2, 0.25) is 0 Å². The Hall–Kier alpha value is -2.36. The molecule has 3 aliphatic heterocycles. The maximum atomic E-state index is 2.73. The normalized spacial score (nSPS) is 24.3. The van der Waals surface area contributed by atoms with E-state index in [1.165, 1.54) is 42.5 Å². The number of piperazine rings is 1. The Morgan fingerprint density at radius 2 is 1.74 bits per heavy atom. The van der Waals surface area contributed by atoms with Crippen LogP contribution in [0.5, 0.6) is 0 Å². The first-order valence-corrected chi connectivity index (χ1v) is 10.2. The standard InChI is InChI=1S/C24H25N3/c1-2-6-18(7-3-1)10-13-25-16-17-26-14-11-20-19-8-4-5-9-21(19)27-15-12-22(25)24(26)23(20)27/h1-9,12,15,22,24H,10-11,13-14,16-17H2/t22-,24-/m1/s1. The Labute approximate surface area is 160 Å². The van der Waals surface area contributed by atoms with Crippen molar-refractivity contribution in [3.05, 3.63) is 77.5 Å². The van der Waals surface area contributed by atoms with Crippen LogP contribution in [0.4, 0.5) is 0 Å². The summed E-state index contributed by atoms with van der Waals surface area (Å²) in [6, 6.07) is 20.9. The van der Waals surface area contributed by atoms with Crippen molar-refractivity contribution in [1.29, 1.82) is 0 Å². The number of aromatic nitrogens is 1. The van der Waals surface area contributed by atoms with Gasteiger partial charge in [-0.1, -0.05) is 48.5 Å². The second-order valence-corrected chi connectivity index (χ2v) is 8.09. The summed E-state index contributed by atoms with van der Waals surface area (Å²) in [6.45, 7) is 4.69. The fourth-order valence-corrected chi connectivity index (χ4v) is 5.48. The molecule has 0 amide bonds. The van der Waals surface area contributed by atoms with Crippen LogP contribution in [-0.2, 0) is 12.8 Å². The van der Waals surface area contributed by atoms with E-state index in [1.54, 1.807) is 11.3 Å². The molecule has 1 fully saturated rings. The highest BCUT2D eigenvalue weighted by molar-refractivity contribution is 5.88. The van der Waals surface area contributed by atoms with Crippen molar-refractivity contribution in [3.63, 3.8) is 0 Å². The summed E-state index contributed by atoms with van der Waals surface area (Å²) in [5.74, 6) is 0. The molecule has 136 valence electrons. The number of fused-ring (bicyclic) bond motifs is 3. The molecule has 1 aromatic heterocycles. The minimum Gasteiger partial charge on any atom is -0.319 e. The molecule has 6 rings (SSSR count). The molecule has 2 atom stereocenters. The maximum absolute atomic E-state index is 2.73. The lowest BCUT2D eigenvalue weighted by Crippen LogP contribution is -2.57. The first kappa shape index (κ1) is 15.7. The fraction of sp³-hybridized carbons (Fsp3) is 0.333. The van der Waals surface area contributed by atoms with Gasteiger partial charge < -0.3 is 4.57 Å². The molecular weight excluding hydrogens is 330 g/mol. The van der Waals surface area contributed by atoms with E-state index in [2.05, 4.69) is 81.2 Å². The summed E-state index contributed by atoms with van der Waals surface area (Å²) in [7, 11) is 0. The highest BCUT2D eigenvalue weighted by atomic mass is 15.3. The Morgan fingerprint density at radius 3 is 2.67 bits per heavy atom. The van der Waals surface area contributed by atoms with Crippen LogP contribution in [0.2, 0.25) is 0 Å². The van der Waals surface area contributed by atoms with E-state index < -0.39 is 0 Å². The second-order valence-electron chi connectivity index (χ2n) is 8.09. The van der Waals surface area contributed by atoms with Crippen molar-refractivity contribution in [2.45, 2.75) is 24.9 Å². The van der Waals surface area contributed by atoms with Crippen LogP contribution < -0.4 is 0 Å². The highest BCUT2D eigenvalue weighted by Crippen LogP contribution is 2.44. The Bertz CT molecular complexity index is 1020. The van der Waals surface area contributed by atoms with E-state index in [1.807, 2.05) is 0 Å². The number of benzene rings is 2. The van der Waals surface area contributed by atoms with Crippen LogP contribution in [0, 0.1) is 0 Å². The van der Waals surface area contributed by atoms with Crippen molar-refractivity contribution in [2.75, 3.05) is 26.2 Å². The molecule has 4 heterocycles. The number of rotatable bonds is 3. The number of nitrogens with zero attached hydrogens (tertiary/aromatic N) is 3. The van der Waals surface area contributed by atoms with Gasteiger partial charge in [0.15, 0.2) is 0 Å². The van der Waals surface area contributed by atoms with E-state index in [-0.39, 0.29) is 0 Å². The largest absolute Gasteiger partial charge is 0.319 e. The Balaban J connectivity index is 1.37. The molecule has 0 aliphatic carbocycles. The lowest BCUT2D eigenvalue weighted by atomic mass is 9.88. The van der Waals surface area contributed by atoms with E-state index >= 15 is 0 Å². The third kappa shape index (κ3) is 2.35. The Morgan fingerprint density at radius 1 is 0.889 bits per heavy atom. The van der Waals surface area contributed by atoms with Gasteiger partial charge in [-0.05, 0) is 36.1 Å². The zero-order valence-corrected chi connectivity index (χ0v) is 15.6. The summed E-state index contributed by atoms with van der Waals surface area (Å²) in [4.78, 5) is 5.44. The van der Waals surface area contributed by atoms with Gasteiger partial charge >= 0.3 is 0 Å². The molecule has 3 heteroatoms. The third-order valence-electron chi connectivity index (χ3n) is 6.76. The molecule has 3 aromatic rings. The first-order chi connectivity index (χ1) is 13.4. The van der Waals surface area contributed by atoms with Crippen molar-refractivity contribution < 1.29 is 0 Å². The van der Waals surface area contributed by atoms with Crippen molar-refractivity contribution in [1.82, 2.24) is 14.4 Å². The van der Waals surface area contributed by atoms with E-state index in [0.717, 1.165) is 13.0 Å². The topological polar surface area (TPSA) is 11.4 Å². The fourth-order valence-electron chi connectivity index (χ4n) is 5.48. The SMILES string of the molecule is C1=Cn2c3c(c4ccccc42)CCN2CCN(CCc4ccccc4)[C@H]1[C@H]32. The highest BCUT2D eigenvalue weighted by Gasteiger charge is 2.43.